The molecule has 5 rings (SSSR count). The van der Waals surface area contributed by atoms with Gasteiger partial charge in [-0.3, -0.25) is 0 Å². The van der Waals surface area contributed by atoms with Gasteiger partial charge in [-0.2, -0.15) is 0 Å². The zero-order chi connectivity index (χ0) is 17.6. The summed E-state index contributed by atoms with van der Waals surface area (Å²) in [5.74, 6) is 0. The smallest absolute Gasteiger partial charge is 0.144 e. The highest BCUT2D eigenvalue weighted by atomic mass is 32.1. The van der Waals surface area contributed by atoms with Crippen LogP contribution in [0.25, 0.3) is 20.9 Å². The van der Waals surface area contributed by atoms with Crippen LogP contribution in [0.3, 0.4) is 0 Å². The zero-order valence-electron chi connectivity index (χ0n) is 14.0. The summed E-state index contributed by atoms with van der Waals surface area (Å²) in [4.78, 5) is 10.6. The summed E-state index contributed by atoms with van der Waals surface area (Å²) >= 11 is 1.60. The van der Waals surface area contributed by atoms with Crippen LogP contribution in [0.4, 0.5) is 0 Å². The largest absolute Gasteiger partial charge is 0.392 e. The van der Waals surface area contributed by atoms with Crippen molar-refractivity contribution in [2.45, 2.75) is 12.0 Å². The molecule has 0 amide bonds. The van der Waals surface area contributed by atoms with Gasteiger partial charge in [-0.15, -0.1) is 0 Å². The molecule has 2 heterocycles. The van der Waals surface area contributed by atoms with Crippen molar-refractivity contribution in [1.82, 2.24) is 9.97 Å². The maximum absolute atomic E-state index is 9.19. The van der Waals surface area contributed by atoms with Gasteiger partial charge in [0.05, 0.1) is 17.7 Å². The molecule has 0 unspecified atom stereocenters. The lowest BCUT2D eigenvalue weighted by molar-refractivity contribution is 0.282. The third-order valence-electron chi connectivity index (χ3n) is 4.81. The Morgan fingerprint density at radius 3 is 2.31 bits per heavy atom. The minimum atomic E-state index is -0.164. The lowest BCUT2D eigenvalue weighted by Gasteiger charge is -2.15. The van der Waals surface area contributed by atoms with Crippen LogP contribution in [0.2, 0.25) is 0 Å². The second-order valence-corrected chi connectivity index (χ2v) is 7.44. The topological polar surface area (TPSA) is 46.0 Å². The molecule has 1 N–H and O–H groups in total. The van der Waals surface area contributed by atoms with Crippen molar-refractivity contribution in [2.75, 3.05) is 0 Å². The van der Waals surface area contributed by atoms with E-state index in [9.17, 15) is 5.11 Å². The molecule has 0 saturated carbocycles. The number of benzene rings is 2. The van der Waals surface area contributed by atoms with E-state index in [0.29, 0.717) is 0 Å². The average molecular weight is 356 g/mol. The van der Waals surface area contributed by atoms with Crippen LogP contribution in [0.15, 0.2) is 78.9 Å². The van der Waals surface area contributed by atoms with Crippen molar-refractivity contribution < 1.29 is 5.11 Å². The minimum absolute atomic E-state index is 0.0552. The van der Waals surface area contributed by atoms with Gasteiger partial charge in [0.25, 0.3) is 0 Å². The molecule has 0 bridgehead atoms. The number of fused-ring (bicyclic) bond motifs is 1. The van der Waals surface area contributed by atoms with Gasteiger partial charge >= 0.3 is 0 Å². The number of aliphatic hydroxyl groups is 1. The van der Waals surface area contributed by atoms with Gasteiger partial charge in [-0.25, -0.2) is 9.97 Å². The first-order valence-corrected chi connectivity index (χ1v) is 9.34. The fraction of sp³-hybridized carbons (Fsp3) is 0.0909. The predicted molar refractivity (Wildman–Crippen MR) is 105 cm³/mol. The molecule has 1 aliphatic rings. The highest BCUT2D eigenvalue weighted by molar-refractivity contribution is 7.21. The number of aromatic nitrogens is 2. The first-order chi connectivity index (χ1) is 12.8. The Bertz CT molecular complexity index is 1110. The predicted octanol–water partition coefficient (Wildman–Crippen LogP) is 4.71. The summed E-state index contributed by atoms with van der Waals surface area (Å²) in [6.07, 6.45) is 4.40. The summed E-state index contributed by atoms with van der Waals surface area (Å²) in [7, 11) is 0. The van der Waals surface area contributed by atoms with Crippen LogP contribution < -0.4 is 0 Å². The average Bonchev–Trinajstić information content (AvgIpc) is 3.41. The molecule has 2 aromatic heterocycles. The quantitative estimate of drug-likeness (QED) is 0.539. The number of thiazole rings is 1. The van der Waals surface area contributed by atoms with Crippen LogP contribution in [0, 0.1) is 0 Å². The zero-order valence-corrected chi connectivity index (χ0v) is 14.8. The highest BCUT2D eigenvalue weighted by Gasteiger charge is 2.39. The molecule has 2 aromatic carbocycles. The molecule has 0 atom stereocenters. The van der Waals surface area contributed by atoms with Crippen LogP contribution >= 0.6 is 11.3 Å². The van der Waals surface area contributed by atoms with Crippen molar-refractivity contribution in [3.05, 3.63) is 95.7 Å². The molecule has 126 valence electrons. The maximum atomic E-state index is 9.19. The Hall–Kier alpha value is -2.82. The van der Waals surface area contributed by atoms with Crippen molar-refractivity contribution in [3.8, 4) is 10.6 Å². The number of allylic oxidation sites excluding steroid dienone is 2. The SMILES string of the molecule is OCc1ccc(-c2nc3ccc(C4(c5ccccc5)C=C4)nc3s2)cc1. The number of nitrogens with zero attached hydrogens (tertiary/aromatic N) is 2. The molecule has 4 aromatic rings. The summed E-state index contributed by atoms with van der Waals surface area (Å²) in [5, 5.41) is 10.1. The maximum Gasteiger partial charge on any atom is 0.144 e. The number of hydrogen-bond donors (Lipinski definition) is 1. The van der Waals surface area contributed by atoms with Crippen molar-refractivity contribution in [1.29, 1.82) is 0 Å². The highest BCUT2D eigenvalue weighted by Crippen LogP contribution is 2.44. The second-order valence-electron chi connectivity index (χ2n) is 6.46. The molecule has 3 nitrogen and oxygen atoms in total. The van der Waals surface area contributed by atoms with Crippen molar-refractivity contribution in [2.24, 2.45) is 0 Å². The Balaban J connectivity index is 1.54. The van der Waals surface area contributed by atoms with E-state index in [1.807, 2.05) is 30.3 Å². The molecule has 0 spiro atoms. The van der Waals surface area contributed by atoms with Crippen LogP contribution in [-0.2, 0) is 12.0 Å². The molecule has 26 heavy (non-hydrogen) atoms. The molecule has 0 saturated heterocycles. The second kappa shape index (κ2) is 5.87. The number of rotatable bonds is 4. The lowest BCUT2D eigenvalue weighted by atomic mass is 9.89. The normalized spacial score (nSPS) is 14.7. The van der Waals surface area contributed by atoms with E-state index in [0.717, 1.165) is 32.2 Å². The van der Waals surface area contributed by atoms with E-state index < -0.39 is 0 Å². The van der Waals surface area contributed by atoms with Gasteiger partial charge in [0.15, 0.2) is 0 Å². The van der Waals surface area contributed by atoms with E-state index in [-0.39, 0.29) is 12.0 Å². The van der Waals surface area contributed by atoms with E-state index in [1.54, 1.807) is 11.3 Å². The molecule has 0 radical (unpaired) electrons. The third kappa shape index (κ3) is 2.46. The minimum Gasteiger partial charge on any atom is -0.392 e. The van der Waals surface area contributed by atoms with Gasteiger partial charge in [-0.05, 0) is 23.3 Å². The van der Waals surface area contributed by atoms with Crippen LogP contribution in [0.1, 0.15) is 16.8 Å². The van der Waals surface area contributed by atoms with E-state index in [2.05, 4.69) is 48.6 Å². The fourth-order valence-corrected chi connectivity index (χ4v) is 4.18. The summed E-state index contributed by atoms with van der Waals surface area (Å²) < 4.78 is 0. The van der Waals surface area contributed by atoms with Gasteiger partial charge in [0, 0.05) is 5.56 Å². The Labute approximate surface area is 155 Å². The van der Waals surface area contributed by atoms with Gasteiger partial charge in [0.2, 0.25) is 0 Å². The molecular formula is C22H16N2OS. The van der Waals surface area contributed by atoms with Crippen LogP contribution in [-0.4, -0.2) is 15.1 Å². The van der Waals surface area contributed by atoms with Crippen LogP contribution in [0.5, 0.6) is 0 Å². The van der Waals surface area contributed by atoms with E-state index >= 15 is 0 Å². The number of hydrogen-bond acceptors (Lipinski definition) is 4. The van der Waals surface area contributed by atoms with Crippen molar-refractivity contribution in [3.63, 3.8) is 0 Å². The molecule has 1 aliphatic carbocycles. The summed E-state index contributed by atoms with van der Waals surface area (Å²) in [6, 6.07) is 22.5. The third-order valence-corrected chi connectivity index (χ3v) is 5.83. The lowest BCUT2D eigenvalue weighted by Crippen LogP contribution is -2.12. The Morgan fingerprint density at radius 2 is 1.62 bits per heavy atom. The summed E-state index contributed by atoms with van der Waals surface area (Å²) in [5.41, 5.74) is 5.00. The summed E-state index contributed by atoms with van der Waals surface area (Å²) in [6.45, 7) is 0.0552. The van der Waals surface area contributed by atoms with Gasteiger partial charge in [0.1, 0.15) is 15.4 Å². The first kappa shape index (κ1) is 15.4. The monoisotopic (exact) mass is 356 g/mol. The van der Waals surface area contributed by atoms with E-state index in [1.165, 1.54) is 5.56 Å². The Morgan fingerprint density at radius 1 is 0.846 bits per heavy atom. The first-order valence-electron chi connectivity index (χ1n) is 8.53. The fourth-order valence-electron chi connectivity index (χ4n) is 3.23. The Kier molecular flexibility index (Phi) is 3.48. The standard InChI is InChI=1S/C22H16N2OS/c25-14-15-6-8-16(9-7-15)20-23-18-10-11-19(24-21(18)26-20)22(12-13-22)17-4-2-1-3-5-17/h1-13,25H,14H2. The number of pyridine rings is 1. The number of aliphatic hydroxyl groups excluding tert-OH is 1. The van der Waals surface area contributed by atoms with E-state index in [4.69, 9.17) is 9.97 Å². The molecule has 4 heteroatoms. The molecular weight excluding hydrogens is 340 g/mol. The van der Waals surface area contributed by atoms with Gasteiger partial charge < -0.3 is 5.11 Å². The van der Waals surface area contributed by atoms with Crippen molar-refractivity contribution >= 4 is 21.7 Å². The van der Waals surface area contributed by atoms with Gasteiger partial charge in [-0.1, -0.05) is 78.1 Å². The molecule has 0 aliphatic heterocycles. The molecule has 0 fully saturated rings.